The van der Waals surface area contributed by atoms with Gasteiger partial charge in [-0.25, -0.2) is 4.79 Å². The number of carboxylic acid groups (broad SMARTS) is 1. The van der Waals surface area contributed by atoms with Gasteiger partial charge in [0.1, 0.15) is 6.26 Å². The summed E-state index contributed by atoms with van der Waals surface area (Å²) in [5.74, 6) is -1.57. The van der Waals surface area contributed by atoms with Crippen molar-refractivity contribution in [3.05, 3.63) is 44.4 Å². The Morgan fingerprint density at radius 2 is 2.22 bits per heavy atom. The molecule has 2 N–H and O–H groups in total. The predicted octanol–water partition coefficient (Wildman–Crippen LogP) is 2.73. The van der Waals surface area contributed by atoms with Gasteiger partial charge in [0.2, 0.25) is 0 Å². The summed E-state index contributed by atoms with van der Waals surface area (Å²) in [5, 5.41) is 11.3. The second kappa shape index (κ2) is 5.36. The molecule has 0 aliphatic rings. The van der Waals surface area contributed by atoms with Gasteiger partial charge in [0.05, 0.1) is 15.9 Å². The molecular formula is C11H8BrNO4S. The highest BCUT2D eigenvalue weighted by atomic mass is 79.9. The van der Waals surface area contributed by atoms with Crippen molar-refractivity contribution >= 4 is 39.1 Å². The largest absolute Gasteiger partial charge is 0.478 e. The zero-order chi connectivity index (χ0) is 13.1. The SMILES string of the molecule is O=C(O)c1coc(C(=O)NCc2ccc(Br)s2)c1. The Hall–Kier alpha value is -1.60. The molecule has 94 valence electrons. The normalized spacial score (nSPS) is 10.3. The molecule has 2 rings (SSSR count). The zero-order valence-electron chi connectivity index (χ0n) is 8.97. The first-order chi connectivity index (χ1) is 8.56. The van der Waals surface area contributed by atoms with Crippen LogP contribution in [-0.2, 0) is 6.54 Å². The lowest BCUT2D eigenvalue weighted by Crippen LogP contribution is -2.21. The maximum atomic E-state index is 11.7. The molecule has 0 radical (unpaired) electrons. The van der Waals surface area contributed by atoms with Crippen molar-refractivity contribution in [1.82, 2.24) is 5.32 Å². The van der Waals surface area contributed by atoms with Crippen LogP contribution in [0.25, 0.3) is 0 Å². The minimum absolute atomic E-state index is 0.0111. The minimum Gasteiger partial charge on any atom is -0.478 e. The Balaban J connectivity index is 1.97. The van der Waals surface area contributed by atoms with Crippen LogP contribution >= 0.6 is 27.3 Å². The Morgan fingerprint density at radius 1 is 1.44 bits per heavy atom. The molecule has 0 atom stereocenters. The number of amides is 1. The van der Waals surface area contributed by atoms with Gasteiger partial charge in [-0.2, -0.15) is 0 Å². The number of carbonyl (C=O) groups excluding carboxylic acids is 1. The van der Waals surface area contributed by atoms with E-state index in [1.807, 2.05) is 12.1 Å². The first-order valence-corrected chi connectivity index (χ1v) is 6.51. The van der Waals surface area contributed by atoms with E-state index in [4.69, 9.17) is 9.52 Å². The number of rotatable bonds is 4. The number of carboxylic acids is 1. The summed E-state index contributed by atoms with van der Waals surface area (Å²) >= 11 is 4.84. The first kappa shape index (κ1) is 12.8. The molecule has 5 nitrogen and oxygen atoms in total. The molecule has 0 saturated carbocycles. The molecule has 2 aromatic heterocycles. The van der Waals surface area contributed by atoms with Gasteiger partial charge in [-0.15, -0.1) is 11.3 Å². The highest BCUT2D eigenvalue weighted by Crippen LogP contribution is 2.21. The van der Waals surface area contributed by atoms with E-state index in [9.17, 15) is 9.59 Å². The number of aromatic carboxylic acids is 1. The van der Waals surface area contributed by atoms with E-state index in [-0.39, 0.29) is 11.3 Å². The number of furan rings is 1. The average molecular weight is 330 g/mol. The standard InChI is InChI=1S/C11H8BrNO4S/c12-9-2-1-7(18-9)4-13-10(14)8-3-6(5-17-8)11(15)16/h1-3,5H,4H2,(H,13,14)(H,15,16). The number of hydrogen-bond acceptors (Lipinski definition) is 4. The summed E-state index contributed by atoms with van der Waals surface area (Å²) in [6, 6.07) is 4.98. The molecule has 0 aliphatic heterocycles. The van der Waals surface area contributed by atoms with Crippen molar-refractivity contribution < 1.29 is 19.1 Å². The zero-order valence-corrected chi connectivity index (χ0v) is 11.4. The van der Waals surface area contributed by atoms with Crippen LogP contribution in [0.15, 0.2) is 32.7 Å². The smallest absolute Gasteiger partial charge is 0.338 e. The Bertz CT molecular complexity index is 589. The number of halogens is 1. The second-order valence-electron chi connectivity index (χ2n) is 3.39. The van der Waals surface area contributed by atoms with Gasteiger partial charge in [-0.3, -0.25) is 4.79 Å². The van der Waals surface area contributed by atoms with Gasteiger partial charge in [0.15, 0.2) is 5.76 Å². The van der Waals surface area contributed by atoms with Crippen LogP contribution in [0.5, 0.6) is 0 Å². The first-order valence-electron chi connectivity index (χ1n) is 4.90. The fourth-order valence-corrected chi connectivity index (χ4v) is 2.69. The van der Waals surface area contributed by atoms with Crippen molar-refractivity contribution in [2.45, 2.75) is 6.54 Å². The third-order valence-corrected chi connectivity index (χ3v) is 3.75. The topological polar surface area (TPSA) is 79.5 Å². The van der Waals surface area contributed by atoms with E-state index in [1.165, 1.54) is 17.4 Å². The highest BCUT2D eigenvalue weighted by Gasteiger charge is 2.14. The van der Waals surface area contributed by atoms with Crippen molar-refractivity contribution in [3.63, 3.8) is 0 Å². The van der Waals surface area contributed by atoms with Gasteiger partial charge >= 0.3 is 5.97 Å². The Labute approximate surface area is 115 Å². The molecule has 0 aliphatic carbocycles. The molecule has 18 heavy (non-hydrogen) atoms. The summed E-state index contributed by atoms with van der Waals surface area (Å²) < 4.78 is 5.87. The van der Waals surface area contributed by atoms with Crippen LogP contribution in [0.4, 0.5) is 0 Å². The fraction of sp³-hybridized carbons (Fsp3) is 0.0909. The van der Waals surface area contributed by atoms with E-state index in [0.29, 0.717) is 6.54 Å². The summed E-state index contributed by atoms with van der Waals surface area (Å²) in [4.78, 5) is 23.3. The molecule has 0 unspecified atom stereocenters. The predicted molar refractivity (Wildman–Crippen MR) is 68.9 cm³/mol. The van der Waals surface area contributed by atoms with Crippen LogP contribution in [0, 0.1) is 0 Å². The maximum absolute atomic E-state index is 11.7. The quantitative estimate of drug-likeness (QED) is 0.903. The van der Waals surface area contributed by atoms with Gasteiger partial charge in [0.25, 0.3) is 5.91 Å². The summed E-state index contributed by atoms with van der Waals surface area (Å²) in [6.07, 6.45) is 1.04. The van der Waals surface area contributed by atoms with Gasteiger partial charge in [-0.1, -0.05) is 0 Å². The van der Waals surface area contributed by atoms with Gasteiger partial charge in [0, 0.05) is 10.9 Å². The van der Waals surface area contributed by atoms with E-state index >= 15 is 0 Å². The molecule has 0 saturated heterocycles. The summed E-state index contributed by atoms with van der Waals surface area (Å²) in [5.41, 5.74) is -0.0426. The second-order valence-corrected chi connectivity index (χ2v) is 5.94. The van der Waals surface area contributed by atoms with E-state index in [0.717, 1.165) is 14.9 Å². The molecule has 0 aromatic carbocycles. The highest BCUT2D eigenvalue weighted by molar-refractivity contribution is 9.11. The fourth-order valence-electron chi connectivity index (χ4n) is 1.27. The molecule has 0 bridgehead atoms. The van der Waals surface area contributed by atoms with Crippen LogP contribution in [-0.4, -0.2) is 17.0 Å². The number of hydrogen-bond donors (Lipinski definition) is 2. The Kier molecular flexibility index (Phi) is 3.83. The van der Waals surface area contributed by atoms with Crippen LogP contribution in [0.2, 0.25) is 0 Å². The molecule has 7 heteroatoms. The monoisotopic (exact) mass is 329 g/mol. The van der Waals surface area contributed by atoms with Crippen LogP contribution < -0.4 is 5.32 Å². The molecule has 1 amide bonds. The summed E-state index contributed by atoms with van der Waals surface area (Å²) in [6.45, 7) is 0.373. The molecule has 0 spiro atoms. The van der Waals surface area contributed by atoms with Crippen molar-refractivity contribution in [2.24, 2.45) is 0 Å². The van der Waals surface area contributed by atoms with Crippen LogP contribution in [0.3, 0.4) is 0 Å². The van der Waals surface area contributed by atoms with E-state index in [1.54, 1.807) is 0 Å². The average Bonchev–Trinajstić information content (AvgIpc) is 2.94. The van der Waals surface area contributed by atoms with E-state index in [2.05, 4.69) is 21.2 Å². The third-order valence-electron chi connectivity index (χ3n) is 2.12. The lowest BCUT2D eigenvalue weighted by Gasteiger charge is -1.99. The van der Waals surface area contributed by atoms with Crippen LogP contribution in [0.1, 0.15) is 25.8 Å². The summed E-state index contributed by atoms with van der Waals surface area (Å²) in [7, 11) is 0. The maximum Gasteiger partial charge on any atom is 0.338 e. The van der Waals surface area contributed by atoms with Gasteiger partial charge < -0.3 is 14.8 Å². The number of thiophene rings is 1. The Morgan fingerprint density at radius 3 is 2.78 bits per heavy atom. The van der Waals surface area contributed by atoms with Crippen molar-refractivity contribution in [2.75, 3.05) is 0 Å². The van der Waals surface area contributed by atoms with Gasteiger partial charge in [-0.05, 0) is 28.1 Å². The molecule has 2 aromatic rings. The molecular weight excluding hydrogens is 322 g/mol. The lowest BCUT2D eigenvalue weighted by molar-refractivity contribution is 0.0696. The van der Waals surface area contributed by atoms with E-state index < -0.39 is 11.9 Å². The minimum atomic E-state index is -1.13. The number of carbonyl (C=O) groups is 2. The lowest BCUT2D eigenvalue weighted by atomic mass is 10.3. The van der Waals surface area contributed by atoms with Crippen molar-refractivity contribution in [1.29, 1.82) is 0 Å². The third kappa shape index (κ3) is 2.99. The molecule has 2 heterocycles. The molecule has 0 fully saturated rings. The van der Waals surface area contributed by atoms with Crippen molar-refractivity contribution in [3.8, 4) is 0 Å². The number of nitrogens with one attached hydrogen (secondary N) is 1.